The average Bonchev–Trinajstić information content (AvgIpc) is 2.12. The molecule has 1 aliphatic rings. The van der Waals surface area contributed by atoms with Crippen LogP contribution in [-0.2, 0) is 4.74 Å². The van der Waals surface area contributed by atoms with E-state index in [0.29, 0.717) is 0 Å². The molecule has 5 heteroatoms. The van der Waals surface area contributed by atoms with Gasteiger partial charge >= 0.3 is 5.84 Å². The van der Waals surface area contributed by atoms with Crippen molar-refractivity contribution in [3.8, 4) is 0 Å². The van der Waals surface area contributed by atoms with Crippen LogP contribution in [0, 0.1) is 16.7 Å². The van der Waals surface area contributed by atoms with E-state index in [1.807, 2.05) is 6.61 Å². The molecule has 0 saturated heterocycles. The standard InChI is InChI=1S/C3H2N2O3/c6-5(7)3-1-8-2-4-3/h2H2. The summed E-state index contributed by atoms with van der Waals surface area (Å²) in [6.07, 6.45) is 0. The molecule has 1 heterocycles. The van der Waals surface area contributed by atoms with Crippen LogP contribution in [0.2, 0.25) is 0 Å². The fraction of sp³-hybridized carbons (Fsp3) is 0.333. The molecule has 0 atom stereocenters. The van der Waals surface area contributed by atoms with Crippen molar-refractivity contribution in [3.63, 3.8) is 0 Å². The first kappa shape index (κ1) is 5.17. The van der Waals surface area contributed by atoms with Crippen LogP contribution in [0.15, 0.2) is 4.99 Å². The molecule has 1 aliphatic heterocycles. The zero-order valence-corrected chi connectivity index (χ0v) is 3.83. The Hall–Kier alpha value is -0.970. The SMILES string of the molecule is O=[N+]([O-])C1=NCO[C]1. The van der Waals surface area contributed by atoms with Crippen LogP contribution in [0.25, 0.3) is 0 Å². The number of nitrogens with zero attached hydrogens (tertiary/aromatic N) is 2. The quantitative estimate of drug-likeness (QED) is 0.320. The van der Waals surface area contributed by atoms with Crippen molar-refractivity contribution in [1.29, 1.82) is 0 Å². The summed E-state index contributed by atoms with van der Waals surface area (Å²) in [5.74, 6) is -0.329. The van der Waals surface area contributed by atoms with E-state index >= 15 is 0 Å². The van der Waals surface area contributed by atoms with Crippen molar-refractivity contribution in [2.24, 2.45) is 4.99 Å². The van der Waals surface area contributed by atoms with Crippen molar-refractivity contribution < 1.29 is 9.66 Å². The van der Waals surface area contributed by atoms with Gasteiger partial charge in [0.2, 0.25) is 6.73 Å². The van der Waals surface area contributed by atoms with E-state index in [0.717, 1.165) is 0 Å². The number of hydrogen-bond donors (Lipinski definition) is 0. The fourth-order valence-electron chi connectivity index (χ4n) is 0.318. The van der Waals surface area contributed by atoms with Crippen molar-refractivity contribution in [3.05, 3.63) is 16.7 Å². The summed E-state index contributed by atoms with van der Waals surface area (Å²) in [6, 6.07) is 0. The van der Waals surface area contributed by atoms with E-state index in [4.69, 9.17) is 0 Å². The zero-order valence-electron chi connectivity index (χ0n) is 3.83. The van der Waals surface area contributed by atoms with Crippen molar-refractivity contribution in [2.75, 3.05) is 6.73 Å². The summed E-state index contributed by atoms with van der Waals surface area (Å²) in [6.45, 7) is 2.03. The molecule has 0 aromatic carbocycles. The Morgan fingerprint density at radius 3 is 3.00 bits per heavy atom. The number of amidine groups is 1. The Bertz CT molecular complexity index is 141. The normalized spacial score (nSPS) is 18.2. The third kappa shape index (κ3) is 0.812. The fourth-order valence-corrected chi connectivity index (χ4v) is 0.318. The Kier molecular flexibility index (Phi) is 1.21. The van der Waals surface area contributed by atoms with Crippen LogP contribution in [0.4, 0.5) is 0 Å². The first-order chi connectivity index (χ1) is 3.80. The maximum Gasteiger partial charge on any atom is 0.376 e. The maximum atomic E-state index is 9.73. The van der Waals surface area contributed by atoms with Gasteiger partial charge in [-0.15, -0.1) is 0 Å². The molecule has 42 valence electrons. The van der Waals surface area contributed by atoms with Gasteiger partial charge in [0.05, 0.1) is 0 Å². The predicted octanol–water partition coefficient (Wildman–Crippen LogP) is -0.312. The number of nitro groups is 1. The third-order valence-corrected chi connectivity index (χ3v) is 0.615. The molecule has 2 radical (unpaired) electrons. The lowest BCUT2D eigenvalue weighted by Crippen LogP contribution is -2.08. The first-order valence-corrected chi connectivity index (χ1v) is 1.87. The van der Waals surface area contributed by atoms with E-state index in [2.05, 4.69) is 9.73 Å². The Morgan fingerprint density at radius 1 is 2.00 bits per heavy atom. The van der Waals surface area contributed by atoms with E-state index in [1.54, 1.807) is 0 Å². The summed E-state index contributed by atoms with van der Waals surface area (Å²) >= 11 is 0. The van der Waals surface area contributed by atoms with Gasteiger partial charge in [-0.3, -0.25) is 0 Å². The molecule has 0 unspecified atom stereocenters. The highest BCUT2D eigenvalue weighted by molar-refractivity contribution is 5.82. The van der Waals surface area contributed by atoms with Gasteiger partial charge in [-0.1, -0.05) is 4.99 Å². The van der Waals surface area contributed by atoms with Crippen LogP contribution in [0.3, 0.4) is 0 Å². The molecule has 0 N–H and O–H groups in total. The second kappa shape index (κ2) is 1.87. The van der Waals surface area contributed by atoms with Gasteiger partial charge < -0.3 is 14.9 Å². The molecule has 0 aromatic rings. The Morgan fingerprint density at radius 2 is 2.75 bits per heavy atom. The zero-order chi connectivity index (χ0) is 5.98. The average molecular weight is 114 g/mol. The lowest BCUT2D eigenvalue weighted by molar-refractivity contribution is -0.350. The lowest BCUT2D eigenvalue weighted by atomic mass is 10.7. The Balaban J connectivity index is 2.57. The largest absolute Gasteiger partial charge is 0.376 e. The van der Waals surface area contributed by atoms with E-state index in [1.165, 1.54) is 0 Å². The monoisotopic (exact) mass is 114 g/mol. The molecule has 0 spiro atoms. The summed E-state index contributed by atoms with van der Waals surface area (Å²) in [5, 5.41) is 9.73. The van der Waals surface area contributed by atoms with Crippen LogP contribution >= 0.6 is 0 Å². The summed E-state index contributed by atoms with van der Waals surface area (Å²) < 4.78 is 4.32. The molecule has 8 heavy (non-hydrogen) atoms. The van der Waals surface area contributed by atoms with Crippen molar-refractivity contribution >= 4 is 5.84 Å². The smallest absolute Gasteiger partial charge is 0.358 e. The predicted molar refractivity (Wildman–Crippen MR) is 23.6 cm³/mol. The number of aliphatic imine (C=N–C) groups is 1. The molecule has 0 aromatic heterocycles. The molecule has 0 amide bonds. The number of hydrogen-bond acceptors (Lipinski definition) is 4. The van der Waals surface area contributed by atoms with Gasteiger partial charge in [0.25, 0.3) is 6.61 Å². The second-order valence-electron chi connectivity index (χ2n) is 1.11. The molecular weight excluding hydrogens is 112 g/mol. The van der Waals surface area contributed by atoms with Crippen LogP contribution in [0.1, 0.15) is 0 Å². The third-order valence-electron chi connectivity index (χ3n) is 0.615. The molecule has 1 rings (SSSR count). The molecule has 0 aliphatic carbocycles. The summed E-state index contributed by atoms with van der Waals surface area (Å²) in [4.78, 5) is 12.4. The molecular formula is C3H2N2O3. The lowest BCUT2D eigenvalue weighted by Gasteiger charge is -1.84. The van der Waals surface area contributed by atoms with Gasteiger partial charge in [0, 0.05) is 0 Å². The van der Waals surface area contributed by atoms with Crippen LogP contribution < -0.4 is 0 Å². The first-order valence-electron chi connectivity index (χ1n) is 1.87. The van der Waals surface area contributed by atoms with Gasteiger partial charge in [0.15, 0.2) is 0 Å². The van der Waals surface area contributed by atoms with Gasteiger partial charge in [-0.05, 0) is 4.92 Å². The van der Waals surface area contributed by atoms with Crippen LogP contribution in [-0.4, -0.2) is 17.5 Å². The summed E-state index contributed by atoms with van der Waals surface area (Å²) in [5.41, 5.74) is 0. The number of rotatable bonds is 0. The van der Waals surface area contributed by atoms with E-state index in [-0.39, 0.29) is 12.6 Å². The molecule has 5 nitrogen and oxygen atoms in total. The highest BCUT2D eigenvalue weighted by Gasteiger charge is 2.20. The maximum absolute atomic E-state index is 9.73. The highest BCUT2D eigenvalue weighted by Crippen LogP contribution is 1.97. The van der Waals surface area contributed by atoms with Crippen molar-refractivity contribution in [1.82, 2.24) is 0 Å². The minimum atomic E-state index is -0.646. The Labute approximate surface area is 45.1 Å². The molecule has 0 bridgehead atoms. The van der Waals surface area contributed by atoms with Gasteiger partial charge in [0.1, 0.15) is 0 Å². The van der Waals surface area contributed by atoms with Gasteiger partial charge in [-0.2, -0.15) is 0 Å². The van der Waals surface area contributed by atoms with Gasteiger partial charge in [-0.25, -0.2) is 0 Å². The van der Waals surface area contributed by atoms with E-state index < -0.39 is 4.92 Å². The minimum Gasteiger partial charge on any atom is -0.358 e. The van der Waals surface area contributed by atoms with Crippen molar-refractivity contribution in [2.45, 2.75) is 0 Å². The molecule has 0 fully saturated rings. The van der Waals surface area contributed by atoms with E-state index in [9.17, 15) is 10.1 Å². The molecule has 0 saturated carbocycles. The second-order valence-corrected chi connectivity index (χ2v) is 1.11. The van der Waals surface area contributed by atoms with Crippen LogP contribution in [0.5, 0.6) is 0 Å². The summed E-state index contributed by atoms with van der Waals surface area (Å²) in [7, 11) is 0. The number of ether oxygens (including phenoxy) is 1. The topological polar surface area (TPSA) is 64.7 Å². The highest BCUT2D eigenvalue weighted by atomic mass is 16.6. The minimum absolute atomic E-state index is 0.0241.